The Labute approximate surface area is 122 Å². The summed E-state index contributed by atoms with van der Waals surface area (Å²) in [6.45, 7) is 0. The van der Waals surface area contributed by atoms with E-state index in [0.29, 0.717) is 5.57 Å². The summed E-state index contributed by atoms with van der Waals surface area (Å²) in [5.74, 6) is 0. The number of pyridine rings is 1. The van der Waals surface area contributed by atoms with E-state index in [4.69, 9.17) is 0 Å². The van der Waals surface area contributed by atoms with Crippen molar-refractivity contribution < 1.29 is 18.6 Å². The molecule has 3 rings (SSSR count). The number of aliphatic hydroxyl groups is 2. The fraction of sp³-hybridized carbons (Fsp3) is 0.267. The van der Waals surface area contributed by atoms with Crippen molar-refractivity contribution in [3.8, 4) is 0 Å². The van der Waals surface area contributed by atoms with Gasteiger partial charge in [-0.15, -0.1) is 0 Å². The SMILES string of the molecule is O=S1(=O)c2ccncc2C(O)C1C(O)C1=CC=CCC=C1. The zero-order valence-corrected chi connectivity index (χ0v) is 11.9. The summed E-state index contributed by atoms with van der Waals surface area (Å²) in [4.78, 5) is 3.89. The van der Waals surface area contributed by atoms with E-state index in [1.165, 1.54) is 18.5 Å². The predicted molar refractivity (Wildman–Crippen MR) is 77.2 cm³/mol. The maximum atomic E-state index is 12.5. The zero-order valence-electron chi connectivity index (χ0n) is 11.1. The van der Waals surface area contributed by atoms with Crippen LogP contribution < -0.4 is 0 Å². The third-order valence-corrected chi connectivity index (χ3v) is 5.98. The Morgan fingerprint density at radius 1 is 1.33 bits per heavy atom. The average molecular weight is 305 g/mol. The van der Waals surface area contributed by atoms with Crippen LogP contribution in [0.4, 0.5) is 0 Å². The van der Waals surface area contributed by atoms with Crippen molar-refractivity contribution in [2.24, 2.45) is 0 Å². The Morgan fingerprint density at radius 3 is 2.90 bits per heavy atom. The van der Waals surface area contributed by atoms with E-state index >= 15 is 0 Å². The van der Waals surface area contributed by atoms with Crippen molar-refractivity contribution in [2.75, 3.05) is 0 Å². The number of aliphatic hydroxyl groups excluding tert-OH is 2. The number of aromatic nitrogens is 1. The standard InChI is InChI=1S/C15H15NO4S/c17-13(10-5-3-1-2-4-6-10)15-14(18)11-9-16-8-7-12(11)21(15,19)20/h1,3-9,13-15,17-18H,2H2. The lowest BCUT2D eigenvalue weighted by molar-refractivity contribution is 0.108. The molecule has 5 nitrogen and oxygen atoms in total. The zero-order chi connectivity index (χ0) is 15.0. The fourth-order valence-electron chi connectivity index (χ4n) is 2.69. The van der Waals surface area contributed by atoms with Crippen molar-refractivity contribution in [3.63, 3.8) is 0 Å². The number of allylic oxidation sites excluding steroid dienone is 4. The number of sulfone groups is 1. The van der Waals surface area contributed by atoms with Crippen molar-refractivity contribution >= 4 is 9.84 Å². The van der Waals surface area contributed by atoms with Gasteiger partial charge >= 0.3 is 0 Å². The highest BCUT2D eigenvalue weighted by atomic mass is 32.2. The van der Waals surface area contributed by atoms with Crippen LogP contribution in [0.3, 0.4) is 0 Å². The van der Waals surface area contributed by atoms with Gasteiger partial charge in [0.1, 0.15) is 11.4 Å². The van der Waals surface area contributed by atoms with E-state index in [1.54, 1.807) is 18.2 Å². The number of hydrogen-bond acceptors (Lipinski definition) is 5. The highest BCUT2D eigenvalue weighted by Crippen LogP contribution is 2.41. The van der Waals surface area contributed by atoms with Gasteiger partial charge in [-0.1, -0.05) is 30.4 Å². The Hall–Kier alpha value is -1.76. The predicted octanol–water partition coefficient (Wildman–Crippen LogP) is 1.07. The van der Waals surface area contributed by atoms with Crippen LogP contribution in [0.15, 0.2) is 59.3 Å². The molecule has 0 aromatic carbocycles. The lowest BCUT2D eigenvalue weighted by Gasteiger charge is -2.21. The molecule has 3 unspecified atom stereocenters. The second-order valence-corrected chi connectivity index (χ2v) is 7.12. The molecule has 110 valence electrons. The summed E-state index contributed by atoms with van der Waals surface area (Å²) in [7, 11) is -3.79. The van der Waals surface area contributed by atoms with Crippen LogP contribution in [0.25, 0.3) is 0 Å². The molecule has 0 bridgehead atoms. The van der Waals surface area contributed by atoms with Crippen LogP contribution in [0.1, 0.15) is 18.1 Å². The minimum Gasteiger partial charge on any atom is -0.387 e. The highest BCUT2D eigenvalue weighted by Gasteiger charge is 2.48. The number of rotatable bonds is 2. The number of fused-ring (bicyclic) bond motifs is 1. The van der Waals surface area contributed by atoms with Gasteiger partial charge < -0.3 is 10.2 Å². The summed E-state index contributed by atoms with van der Waals surface area (Å²) in [5, 5.41) is 19.5. The van der Waals surface area contributed by atoms with Gasteiger partial charge in [-0.2, -0.15) is 0 Å². The maximum absolute atomic E-state index is 12.5. The van der Waals surface area contributed by atoms with Crippen LogP contribution in [0.2, 0.25) is 0 Å². The van der Waals surface area contributed by atoms with Crippen molar-refractivity contribution in [1.82, 2.24) is 4.98 Å². The second kappa shape index (κ2) is 5.22. The molecule has 0 radical (unpaired) electrons. The summed E-state index contributed by atoms with van der Waals surface area (Å²) in [6.07, 6.45) is 9.69. The van der Waals surface area contributed by atoms with E-state index in [2.05, 4.69) is 4.98 Å². The van der Waals surface area contributed by atoms with E-state index < -0.39 is 27.3 Å². The third-order valence-electron chi connectivity index (χ3n) is 3.76. The van der Waals surface area contributed by atoms with Crippen LogP contribution in [0, 0.1) is 0 Å². The summed E-state index contributed by atoms with van der Waals surface area (Å²) in [6, 6.07) is 1.36. The molecule has 1 aromatic rings. The Balaban J connectivity index is 2.04. The molecule has 0 fully saturated rings. The van der Waals surface area contributed by atoms with Crippen LogP contribution in [0.5, 0.6) is 0 Å². The van der Waals surface area contributed by atoms with E-state index in [-0.39, 0.29) is 10.5 Å². The summed E-state index contributed by atoms with van der Waals surface area (Å²) in [5.41, 5.74) is 0.715. The van der Waals surface area contributed by atoms with E-state index in [1.807, 2.05) is 12.2 Å². The molecule has 1 aliphatic carbocycles. The number of nitrogens with zero attached hydrogens (tertiary/aromatic N) is 1. The van der Waals surface area contributed by atoms with Crippen LogP contribution in [-0.4, -0.2) is 35.0 Å². The molecule has 2 heterocycles. The molecule has 1 aliphatic heterocycles. The van der Waals surface area contributed by atoms with Crippen molar-refractivity contribution in [2.45, 2.75) is 28.8 Å². The smallest absolute Gasteiger partial charge is 0.187 e. The van der Waals surface area contributed by atoms with Gasteiger partial charge in [0, 0.05) is 18.0 Å². The first-order valence-corrected chi connectivity index (χ1v) is 8.15. The normalized spacial score (nSPS) is 27.8. The monoisotopic (exact) mass is 305 g/mol. The minimum absolute atomic E-state index is 0.0443. The maximum Gasteiger partial charge on any atom is 0.187 e. The highest BCUT2D eigenvalue weighted by molar-refractivity contribution is 7.92. The van der Waals surface area contributed by atoms with Gasteiger partial charge in [0.15, 0.2) is 9.84 Å². The first-order chi connectivity index (χ1) is 10.0. The quantitative estimate of drug-likeness (QED) is 0.853. The van der Waals surface area contributed by atoms with E-state index in [0.717, 1.165) is 6.42 Å². The molecule has 1 aromatic heterocycles. The lowest BCUT2D eigenvalue weighted by atomic mass is 9.99. The van der Waals surface area contributed by atoms with Gasteiger partial charge in [0.05, 0.1) is 11.0 Å². The second-order valence-electron chi connectivity index (χ2n) is 5.05. The minimum atomic E-state index is -3.79. The lowest BCUT2D eigenvalue weighted by Crippen LogP contribution is -2.35. The molecule has 21 heavy (non-hydrogen) atoms. The molecular formula is C15H15NO4S. The molecule has 6 heteroatoms. The van der Waals surface area contributed by atoms with Gasteiger partial charge in [-0.05, 0) is 18.1 Å². The first kappa shape index (κ1) is 14.2. The topological polar surface area (TPSA) is 87.5 Å². The Bertz CT molecular complexity index is 749. The molecule has 0 saturated carbocycles. The van der Waals surface area contributed by atoms with Crippen LogP contribution in [-0.2, 0) is 9.84 Å². The Morgan fingerprint density at radius 2 is 2.14 bits per heavy atom. The van der Waals surface area contributed by atoms with Gasteiger partial charge in [-0.25, -0.2) is 8.42 Å². The third kappa shape index (κ3) is 2.25. The molecule has 2 aliphatic rings. The first-order valence-electron chi connectivity index (χ1n) is 6.60. The summed E-state index contributed by atoms with van der Waals surface area (Å²) >= 11 is 0. The van der Waals surface area contributed by atoms with Gasteiger partial charge in [-0.3, -0.25) is 4.98 Å². The molecule has 0 amide bonds. The van der Waals surface area contributed by atoms with E-state index in [9.17, 15) is 18.6 Å². The largest absolute Gasteiger partial charge is 0.387 e. The average Bonchev–Trinajstić information content (AvgIpc) is 2.69. The molecule has 2 N–H and O–H groups in total. The van der Waals surface area contributed by atoms with Crippen molar-refractivity contribution in [3.05, 3.63) is 60.0 Å². The molecule has 0 saturated heterocycles. The Kier molecular flexibility index (Phi) is 3.52. The van der Waals surface area contributed by atoms with Crippen LogP contribution >= 0.6 is 0 Å². The van der Waals surface area contributed by atoms with Gasteiger partial charge in [0.2, 0.25) is 0 Å². The number of hydrogen-bond donors (Lipinski definition) is 2. The van der Waals surface area contributed by atoms with Crippen molar-refractivity contribution in [1.29, 1.82) is 0 Å². The summed E-state index contributed by atoms with van der Waals surface area (Å²) < 4.78 is 25.1. The molecule has 0 spiro atoms. The van der Waals surface area contributed by atoms with Gasteiger partial charge in [0.25, 0.3) is 0 Å². The fourth-order valence-corrected chi connectivity index (χ4v) is 4.72. The molecular weight excluding hydrogens is 290 g/mol. The molecule has 3 atom stereocenters.